The monoisotopic (exact) mass is 427 g/mol. The summed E-state index contributed by atoms with van der Waals surface area (Å²) in [7, 11) is -1.77. The third kappa shape index (κ3) is 4.72. The summed E-state index contributed by atoms with van der Waals surface area (Å²) in [6.45, 7) is 5.32. The Balaban J connectivity index is 0.00000280. The van der Waals surface area contributed by atoms with Crippen molar-refractivity contribution in [3.05, 3.63) is 48.0 Å². The van der Waals surface area contributed by atoms with Crippen LogP contribution in [0.1, 0.15) is 36.1 Å². The summed E-state index contributed by atoms with van der Waals surface area (Å²) < 4.78 is 29.3. The summed E-state index contributed by atoms with van der Waals surface area (Å²) in [6.07, 6.45) is 3.55. The van der Waals surface area contributed by atoms with Gasteiger partial charge in [-0.25, -0.2) is 18.1 Å². The maximum atomic E-state index is 13.2. The van der Waals surface area contributed by atoms with E-state index in [0.29, 0.717) is 25.2 Å². The topological polar surface area (TPSA) is 96.3 Å². The van der Waals surface area contributed by atoms with Crippen molar-refractivity contribution in [1.29, 1.82) is 0 Å². The molecule has 0 radical (unpaired) electrons. The number of nitrogens with zero attached hydrogens (tertiary/aromatic N) is 3. The van der Waals surface area contributed by atoms with Crippen LogP contribution in [0.2, 0.25) is 0 Å². The molecule has 3 rings (SSSR count). The number of rotatable bonds is 5. The molecule has 1 aromatic heterocycles. The second-order valence-corrected chi connectivity index (χ2v) is 8.63. The predicted octanol–water partition coefficient (Wildman–Crippen LogP) is 1.32. The molecular formula is C18H26ClN5O3S. The number of piperazine rings is 1. The second kappa shape index (κ2) is 9.04. The van der Waals surface area contributed by atoms with Gasteiger partial charge >= 0.3 is 0 Å². The van der Waals surface area contributed by atoms with Gasteiger partial charge in [0.1, 0.15) is 11.9 Å². The number of hydrogen-bond acceptors (Lipinski definition) is 5. The Kier molecular flexibility index (Phi) is 7.22. The van der Waals surface area contributed by atoms with Crippen LogP contribution >= 0.6 is 12.4 Å². The molecule has 28 heavy (non-hydrogen) atoms. The largest absolute Gasteiger partial charge is 0.336 e. The Morgan fingerprint density at radius 2 is 2.11 bits per heavy atom. The average molecular weight is 428 g/mol. The van der Waals surface area contributed by atoms with E-state index in [0.717, 1.165) is 5.82 Å². The number of benzene rings is 1. The van der Waals surface area contributed by atoms with Crippen LogP contribution in [0.5, 0.6) is 0 Å². The van der Waals surface area contributed by atoms with Crippen molar-refractivity contribution in [3.63, 3.8) is 0 Å². The highest BCUT2D eigenvalue weighted by Gasteiger charge is 2.31. The van der Waals surface area contributed by atoms with Crippen LogP contribution < -0.4 is 10.0 Å². The summed E-state index contributed by atoms with van der Waals surface area (Å²) in [6, 6.07) is 5.74. The van der Waals surface area contributed by atoms with E-state index in [9.17, 15) is 13.2 Å². The molecule has 1 amide bonds. The molecule has 0 aliphatic carbocycles. The van der Waals surface area contributed by atoms with Gasteiger partial charge in [0.05, 0.1) is 4.90 Å². The van der Waals surface area contributed by atoms with Gasteiger partial charge in [-0.2, -0.15) is 0 Å². The number of nitrogens with one attached hydrogen (secondary N) is 2. The smallest absolute Gasteiger partial charge is 0.254 e. The zero-order valence-electron chi connectivity index (χ0n) is 16.1. The van der Waals surface area contributed by atoms with Gasteiger partial charge in [-0.1, -0.05) is 6.07 Å². The lowest BCUT2D eigenvalue weighted by atomic mass is 10.1. The van der Waals surface area contributed by atoms with Gasteiger partial charge in [-0.15, -0.1) is 12.4 Å². The number of imidazole rings is 1. The lowest BCUT2D eigenvalue weighted by Gasteiger charge is -2.35. The first-order chi connectivity index (χ1) is 12.8. The Morgan fingerprint density at radius 1 is 1.36 bits per heavy atom. The van der Waals surface area contributed by atoms with E-state index in [-0.39, 0.29) is 35.3 Å². The van der Waals surface area contributed by atoms with Gasteiger partial charge in [0, 0.05) is 50.7 Å². The number of halogens is 1. The van der Waals surface area contributed by atoms with Crippen LogP contribution in [-0.4, -0.2) is 54.5 Å². The first kappa shape index (κ1) is 22.4. The second-order valence-electron chi connectivity index (χ2n) is 6.92. The van der Waals surface area contributed by atoms with Crippen molar-refractivity contribution in [1.82, 2.24) is 24.5 Å². The molecule has 1 aromatic carbocycles. The van der Waals surface area contributed by atoms with E-state index < -0.39 is 10.0 Å². The minimum Gasteiger partial charge on any atom is -0.336 e. The van der Waals surface area contributed by atoms with E-state index in [1.807, 2.05) is 17.8 Å². The maximum absolute atomic E-state index is 13.2. The summed E-state index contributed by atoms with van der Waals surface area (Å²) in [5.41, 5.74) is 0.350. The fraction of sp³-hybridized carbons (Fsp3) is 0.444. The van der Waals surface area contributed by atoms with Crippen LogP contribution in [-0.2, 0) is 17.1 Å². The molecule has 1 aliphatic heterocycles. The fourth-order valence-electron chi connectivity index (χ4n) is 3.22. The summed E-state index contributed by atoms with van der Waals surface area (Å²) >= 11 is 0. The van der Waals surface area contributed by atoms with Crippen molar-refractivity contribution >= 4 is 28.3 Å². The molecule has 1 saturated heterocycles. The van der Waals surface area contributed by atoms with Crippen LogP contribution in [0.3, 0.4) is 0 Å². The number of hydrogen-bond donors (Lipinski definition) is 2. The first-order valence-electron chi connectivity index (χ1n) is 8.91. The summed E-state index contributed by atoms with van der Waals surface area (Å²) in [5.74, 6) is 0.590. The highest BCUT2D eigenvalue weighted by molar-refractivity contribution is 7.89. The van der Waals surface area contributed by atoms with Gasteiger partial charge in [0.2, 0.25) is 10.0 Å². The average Bonchev–Trinajstić information content (AvgIpc) is 3.06. The molecule has 8 nitrogen and oxygen atoms in total. The molecule has 0 saturated carbocycles. The molecule has 154 valence electrons. The normalized spacial score (nSPS) is 17.4. The van der Waals surface area contributed by atoms with Crippen LogP contribution in [0, 0.1) is 0 Å². The third-order valence-corrected chi connectivity index (χ3v) is 6.10. The summed E-state index contributed by atoms with van der Waals surface area (Å²) in [4.78, 5) is 19.4. The van der Waals surface area contributed by atoms with Crippen molar-refractivity contribution in [3.8, 4) is 0 Å². The SMILES string of the molecule is CC(C)NS(=O)(=O)c1cccc(C(=O)N2CCNCC2c2nccn2C)c1.Cl. The highest BCUT2D eigenvalue weighted by atomic mass is 35.5. The van der Waals surface area contributed by atoms with E-state index in [1.54, 1.807) is 37.1 Å². The number of aromatic nitrogens is 2. The zero-order valence-corrected chi connectivity index (χ0v) is 17.8. The lowest BCUT2D eigenvalue weighted by molar-refractivity contribution is 0.0620. The summed E-state index contributed by atoms with van der Waals surface area (Å²) in [5, 5.41) is 3.29. The molecular weight excluding hydrogens is 402 g/mol. The van der Waals surface area contributed by atoms with E-state index in [2.05, 4.69) is 15.0 Å². The van der Waals surface area contributed by atoms with Gasteiger partial charge in [-0.3, -0.25) is 4.79 Å². The molecule has 1 atom stereocenters. The van der Waals surface area contributed by atoms with Gasteiger partial charge in [0.25, 0.3) is 5.91 Å². The van der Waals surface area contributed by atoms with E-state index in [4.69, 9.17) is 0 Å². The Bertz CT molecular complexity index is 929. The number of carbonyl (C=O) groups excluding carboxylic acids is 1. The van der Waals surface area contributed by atoms with Gasteiger partial charge in [0.15, 0.2) is 0 Å². The molecule has 1 fully saturated rings. The zero-order chi connectivity index (χ0) is 19.6. The van der Waals surface area contributed by atoms with E-state index >= 15 is 0 Å². The number of amides is 1. The van der Waals surface area contributed by atoms with Crippen molar-refractivity contribution < 1.29 is 13.2 Å². The first-order valence-corrected chi connectivity index (χ1v) is 10.4. The molecule has 10 heteroatoms. The standard InChI is InChI=1S/C18H25N5O3S.ClH/c1-13(2)21-27(25,26)15-6-4-5-14(11-15)18(24)23-10-7-19-12-16(23)17-20-8-9-22(17)3;/h4-6,8-9,11,13,16,19,21H,7,10,12H2,1-3H3;1H. The predicted molar refractivity (Wildman–Crippen MR) is 109 cm³/mol. The minimum absolute atomic E-state index is 0. The number of aryl methyl sites for hydroxylation is 1. The minimum atomic E-state index is -3.66. The molecule has 2 aromatic rings. The third-order valence-electron chi connectivity index (χ3n) is 4.44. The molecule has 1 aliphatic rings. The van der Waals surface area contributed by atoms with Crippen molar-refractivity contribution in [2.24, 2.45) is 7.05 Å². The number of carbonyl (C=O) groups is 1. The lowest BCUT2D eigenvalue weighted by Crippen LogP contribution is -2.49. The van der Waals surface area contributed by atoms with Crippen LogP contribution in [0.15, 0.2) is 41.6 Å². The Hall–Kier alpha value is -1.94. The fourth-order valence-corrected chi connectivity index (χ4v) is 4.51. The molecule has 0 bridgehead atoms. The van der Waals surface area contributed by atoms with Crippen LogP contribution in [0.25, 0.3) is 0 Å². The molecule has 2 heterocycles. The van der Waals surface area contributed by atoms with Crippen LogP contribution in [0.4, 0.5) is 0 Å². The Morgan fingerprint density at radius 3 is 2.75 bits per heavy atom. The molecule has 1 unspecified atom stereocenters. The number of sulfonamides is 1. The Labute approximate surface area is 171 Å². The quantitative estimate of drug-likeness (QED) is 0.750. The van der Waals surface area contributed by atoms with E-state index in [1.165, 1.54) is 12.1 Å². The maximum Gasteiger partial charge on any atom is 0.254 e. The highest BCUT2D eigenvalue weighted by Crippen LogP contribution is 2.23. The van der Waals surface area contributed by atoms with Gasteiger partial charge in [-0.05, 0) is 32.0 Å². The molecule has 2 N–H and O–H groups in total. The molecule has 0 spiro atoms. The van der Waals surface area contributed by atoms with Gasteiger partial charge < -0.3 is 14.8 Å². The van der Waals surface area contributed by atoms with Crippen molar-refractivity contribution in [2.75, 3.05) is 19.6 Å². The van der Waals surface area contributed by atoms with Crippen molar-refractivity contribution in [2.45, 2.75) is 30.8 Å².